The van der Waals surface area contributed by atoms with Gasteiger partial charge in [0.05, 0.1) is 22.9 Å². The number of aromatic nitrogens is 1. The molecule has 0 saturated carbocycles. The first-order valence-electron chi connectivity index (χ1n) is 12.8. The number of nitrogens with zero attached hydrogens (tertiary/aromatic N) is 4. The summed E-state index contributed by atoms with van der Waals surface area (Å²) in [5.41, 5.74) is -1.66. The maximum atomic E-state index is 14.6. The third kappa shape index (κ3) is 5.03. The number of hydrogen-bond donors (Lipinski definition) is 1. The molecule has 1 unspecified atom stereocenters. The number of fused-ring (bicyclic) bond motifs is 1. The molecule has 1 aromatic carbocycles. The van der Waals surface area contributed by atoms with E-state index in [1.54, 1.807) is 19.1 Å². The molecule has 1 N–H and O–H groups in total. The van der Waals surface area contributed by atoms with Gasteiger partial charge in [-0.3, -0.25) is 9.69 Å². The molecule has 38 heavy (non-hydrogen) atoms. The molecule has 10 nitrogen and oxygen atoms in total. The van der Waals surface area contributed by atoms with Crippen molar-refractivity contribution in [2.24, 2.45) is 0 Å². The summed E-state index contributed by atoms with van der Waals surface area (Å²) < 4.78 is 26.1. The van der Waals surface area contributed by atoms with Crippen molar-refractivity contribution >= 4 is 29.4 Å². The van der Waals surface area contributed by atoms with Crippen LogP contribution in [0.3, 0.4) is 0 Å². The quantitative estimate of drug-likeness (QED) is 0.547. The normalized spacial score (nSPS) is 23.1. The number of amides is 1. The van der Waals surface area contributed by atoms with Crippen LogP contribution in [0.25, 0.3) is 0 Å². The number of ether oxygens (including phenoxy) is 2. The maximum Gasteiger partial charge on any atom is 0.529 e. The van der Waals surface area contributed by atoms with Crippen molar-refractivity contribution in [3.63, 3.8) is 0 Å². The summed E-state index contributed by atoms with van der Waals surface area (Å²) in [6.07, 6.45) is 2.62. The van der Waals surface area contributed by atoms with E-state index in [2.05, 4.69) is 27.1 Å². The predicted octanol–water partition coefficient (Wildman–Crippen LogP) is 3.25. The van der Waals surface area contributed by atoms with Crippen molar-refractivity contribution in [2.75, 3.05) is 58.2 Å². The second-order valence-corrected chi connectivity index (χ2v) is 10.1. The zero-order chi connectivity index (χ0) is 26.9. The van der Waals surface area contributed by atoms with E-state index in [1.165, 1.54) is 17.3 Å². The van der Waals surface area contributed by atoms with E-state index in [1.807, 2.05) is 0 Å². The number of pyridine rings is 1. The van der Waals surface area contributed by atoms with Crippen LogP contribution in [0, 0.1) is 5.82 Å². The molecule has 5 rings (SSSR count). The highest BCUT2D eigenvalue weighted by Gasteiger charge is 2.55. The predicted molar refractivity (Wildman–Crippen MR) is 137 cm³/mol. The Hall–Kier alpha value is -2.99. The lowest BCUT2D eigenvalue weighted by molar-refractivity contribution is -0.167. The number of likely N-dealkylation sites (tertiary alicyclic amines) is 1. The van der Waals surface area contributed by atoms with Crippen LogP contribution in [-0.2, 0) is 20.0 Å². The van der Waals surface area contributed by atoms with Crippen LogP contribution < -0.4 is 10.1 Å². The molecule has 12 heteroatoms. The highest BCUT2D eigenvalue weighted by molar-refractivity contribution is 6.31. The van der Waals surface area contributed by atoms with Gasteiger partial charge in [0.2, 0.25) is 5.88 Å². The molecule has 0 aliphatic carbocycles. The highest BCUT2D eigenvalue weighted by Crippen LogP contribution is 2.48. The van der Waals surface area contributed by atoms with Crippen molar-refractivity contribution in [2.45, 2.75) is 31.4 Å². The van der Waals surface area contributed by atoms with Crippen molar-refractivity contribution in [3.8, 4) is 5.88 Å². The van der Waals surface area contributed by atoms with Crippen molar-refractivity contribution in [3.05, 3.63) is 52.4 Å². The van der Waals surface area contributed by atoms with Gasteiger partial charge in [0.1, 0.15) is 5.82 Å². The minimum Gasteiger partial charge on any atom is -0.478 e. The number of piperazine rings is 1. The third-order valence-electron chi connectivity index (χ3n) is 7.36. The van der Waals surface area contributed by atoms with Gasteiger partial charge in [-0.15, -0.1) is 5.06 Å². The van der Waals surface area contributed by atoms with Crippen LogP contribution in [0.4, 0.5) is 14.9 Å². The number of halogens is 2. The van der Waals surface area contributed by atoms with E-state index in [0.717, 1.165) is 45.1 Å². The zero-order valence-corrected chi connectivity index (χ0v) is 22.2. The molecule has 1 aromatic heterocycles. The molecule has 2 fully saturated rings. The Bertz CT molecular complexity index is 1200. The Kier molecular flexibility index (Phi) is 7.71. The first-order chi connectivity index (χ1) is 18.3. The number of hydrogen-bond acceptors (Lipinski definition) is 9. The summed E-state index contributed by atoms with van der Waals surface area (Å²) >= 11 is 5.96. The summed E-state index contributed by atoms with van der Waals surface area (Å²) in [4.78, 5) is 41.2. The fourth-order valence-corrected chi connectivity index (χ4v) is 5.54. The number of carbonyl (C=O) groups excluding carboxylic acids is 2. The lowest BCUT2D eigenvalue weighted by Crippen LogP contribution is -2.53. The Labute approximate surface area is 225 Å². The molecule has 0 bridgehead atoms. The van der Waals surface area contributed by atoms with Crippen LogP contribution in [-0.4, -0.2) is 90.9 Å². The topological polar surface area (TPSA) is 96.5 Å². The minimum absolute atomic E-state index is 0.0717. The molecular formula is C26H31ClFN5O5. The van der Waals surface area contributed by atoms with E-state index in [-0.39, 0.29) is 34.3 Å². The summed E-state index contributed by atoms with van der Waals surface area (Å²) in [7, 11) is 2.13. The van der Waals surface area contributed by atoms with Gasteiger partial charge in [-0.05, 0) is 64.2 Å². The SMILES string of the molecule is CCOc1ncccc1C1(OC(=O)ON2CCN(C3CCN(C)CC3)CC2)C(=O)Nc2cc(Cl)c(F)cc21. The fourth-order valence-electron chi connectivity index (χ4n) is 5.38. The molecule has 2 saturated heterocycles. The van der Waals surface area contributed by atoms with Gasteiger partial charge in [0, 0.05) is 44.0 Å². The van der Waals surface area contributed by atoms with Gasteiger partial charge in [-0.1, -0.05) is 11.6 Å². The summed E-state index contributed by atoms with van der Waals surface area (Å²) in [5, 5.41) is 4.00. The van der Waals surface area contributed by atoms with Gasteiger partial charge in [0.15, 0.2) is 0 Å². The molecule has 0 radical (unpaired) electrons. The first kappa shape index (κ1) is 26.6. The first-order valence-corrected chi connectivity index (χ1v) is 13.2. The second kappa shape index (κ2) is 11.0. The standard InChI is InChI=1S/C26H31ClFN5O5/c1-3-36-23-18(5-4-8-29-23)26(19-15-21(28)20(27)16-22(19)30-24(26)34)37-25(35)38-33-13-11-32(12-14-33)17-6-9-31(2)10-7-17/h4-5,8,15-17H,3,6-7,9-14H2,1-2H3,(H,30,34). The fraction of sp³-hybridized carbons (Fsp3) is 0.500. The number of hydroxylamine groups is 2. The molecule has 4 heterocycles. The summed E-state index contributed by atoms with van der Waals surface area (Å²) in [6, 6.07) is 6.00. The largest absolute Gasteiger partial charge is 0.529 e. The van der Waals surface area contributed by atoms with E-state index in [9.17, 15) is 14.0 Å². The van der Waals surface area contributed by atoms with Crippen molar-refractivity contribution < 1.29 is 28.3 Å². The van der Waals surface area contributed by atoms with E-state index < -0.39 is 23.5 Å². The van der Waals surface area contributed by atoms with Crippen LogP contribution in [0.1, 0.15) is 30.9 Å². The Balaban J connectivity index is 1.37. The average Bonchev–Trinajstić information content (AvgIpc) is 3.16. The van der Waals surface area contributed by atoms with E-state index in [0.29, 0.717) is 19.1 Å². The average molecular weight is 548 g/mol. The van der Waals surface area contributed by atoms with Gasteiger partial charge < -0.3 is 24.5 Å². The van der Waals surface area contributed by atoms with Gasteiger partial charge in [-0.25, -0.2) is 14.2 Å². The van der Waals surface area contributed by atoms with Crippen molar-refractivity contribution in [1.82, 2.24) is 19.8 Å². The van der Waals surface area contributed by atoms with Crippen LogP contribution in [0.5, 0.6) is 5.88 Å². The maximum absolute atomic E-state index is 14.6. The molecule has 2 aromatic rings. The number of benzene rings is 1. The Morgan fingerprint density at radius 3 is 2.63 bits per heavy atom. The second-order valence-electron chi connectivity index (χ2n) is 9.68. The number of rotatable bonds is 6. The van der Waals surface area contributed by atoms with E-state index in [4.69, 9.17) is 25.9 Å². The third-order valence-corrected chi connectivity index (χ3v) is 7.65. The van der Waals surface area contributed by atoms with Gasteiger partial charge >= 0.3 is 6.16 Å². The van der Waals surface area contributed by atoms with Crippen LogP contribution in [0.2, 0.25) is 5.02 Å². The van der Waals surface area contributed by atoms with Gasteiger partial charge in [0.25, 0.3) is 11.5 Å². The highest BCUT2D eigenvalue weighted by atomic mass is 35.5. The van der Waals surface area contributed by atoms with Crippen LogP contribution in [0.15, 0.2) is 30.5 Å². The summed E-state index contributed by atoms with van der Waals surface area (Å²) in [5.74, 6) is -1.41. The number of nitrogens with one attached hydrogen (secondary N) is 1. The smallest absolute Gasteiger partial charge is 0.478 e. The Morgan fingerprint density at radius 2 is 1.92 bits per heavy atom. The minimum atomic E-state index is -2.09. The molecule has 3 aliphatic rings. The molecule has 204 valence electrons. The molecule has 1 atom stereocenters. The molecule has 3 aliphatic heterocycles. The zero-order valence-electron chi connectivity index (χ0n) is 21.4. The lowest BCUT2D eigenvalue weighted by Gasteiger charge is -2.41. The van der Waals surface area contributed by atoms with Crippen molar-refractivity contribution in [1.29, 1.82) is 0 Å². The number of piperidine rings is 1. The number of carbonyl (C=O) groups is 2. The Morgan fingerprint density at radius 1 is 1.18 bits per heavy atom. The van der Waals surface area contributed by atoms with E-state index >= 15 is 0 Å². The van der Waals surface area contributed by atoms with Gasteiger partial charge in [-0.2, -0.15) is 0 Å². The number of anilines is 1. The lowest BCUT2D eigenvalue weighted by atomic mass is 9.87. The molecule has 1 amide bonds. The molecular weight excluding hydrogens is 517 g/mol. The van der Waals surface area contributed by atoms with Crippen LogP contribution >= 0.6 is 11.6 Å². The molecule has 0 spiro atoms. The summed E-state index contributed by atoms with van der Waals surface area (Å²) in [6.45, 7) is 6.64. The monoisotopic (exact) mass is 547 g/mol.